The van der Waals surface area contributed by atoms with E-state index in [0.717, 1.165) is 5.69 Å². The maximum absolute atomic E-state index is 14.0. The molecule has 5 rings (SSSR count). The number of benzene rings is 2. The van der Waals surface area contributed by atoms with Crippen LogP contribution in [0.4, 0.5) is 10.1 Å². The van der Waals surface area contributed by atoms with Gasteiger partial charge in [0.25, 0.3) is 0 Å². The SMILES string of the molecule is Cc1noc(/C=C/c2ccccc2F)c1S(=O)(=O)N1CCC(C(=O)N2CCOc3ccccc32)CC1. The number of para-hydroxylation sites is 2. The Labute approximate surface area is 209 Å². The highest BCUT2D eigenvalue weighted by Gasteiger charge is 2.38. The highest BCUT2D eigenvalue weighted by molar-refractivity contribution is 7.89. The van der Waals surface area contributed by atoms with Crippen LogP contribution in [0.5, 0.6) is 5.75 Å². The van der Waals surface area contributed by atoms with Crippen LogP contribution in [0.25, 0.3) is 12.2 Å². The number of ether oxygens (including phenoxy) is 1. The summed E-state index contributed by atoms with van der Waals surface area (Å²) in [5, 5.41) is 3.84. The molecule has 0 spiro atoms. The quantitative estimate of drug-likeness (QED) is 0.512. The van der Waals surface area contributed by atoms with Gasteiger partial charge in [-0.3, -0.25) is 4.79 Å². The summed E-state index contributed by atoms with van der Waals surface area (Å²) in [6.07, 6.45) is 3.68. The second-order valence-electron chi connectivity index (χ2n) is 8.80. The molecule has 0 saturated carbocycles. The van der Waals surface area contributed by atoms with Gasteiger partial charge in [-0.15, -0.1) is 0 Å². The Morgan fingerprint density at radius 1 is 1.06 bits per heavy atom. The Bertz CT molecular complexity index is 1410. The van der Waals surface area contributed by atoms with E-state index in [0.29, 0.717) is 37.3 Å². The molecule has 1 aromatic heterocycles. The molecule has 2 aliphatic heterocycles. The fourth-order valence-corrected chi connectivity index (χ4v) is 6.39. The van der Waals surface area contributed by atoms with Crippen molar-refractivity contribution in [1.29, 1.82) is 0 Å². The van der Waals surface area contributed by atoms with Crippen LogP contribution < -0.4 is 9.64 Å². The zero-order valence-corrected chi connectivity index (χ0v) is 20.6. The molecule has 1 saturated heterocycles. The van der Waals surface area contributed by atoms with E-state index in [2.05, 4.69) is 5.16 Å². The Hall–Kier alpha value is -3.50. The number of sulfonamides is 1. The molecular weight excluding hydrogens is 485 g/mol. The Balaban J connectivity index is 1.31. The number of aromatic nitrogens is 1. The number of fused-ring (bicyclic) bond motifs is 1. The average molecular weight is 512 g/mol. The van der Waals surface area contributed by atoms with Crippen molar-refractivity contribution in [3.63, 3.8) is 0 Å². The molecule has 0 unspecified atom stereocenters. The third kappa shape index (κ3) is 4.54. The molecular formula is C26H26FN3O5S. The standard InChI is InChI=1S/C26H26FN3O5S/c1-18-25(24(35-28-18)11-10-19-6-2-3-7-21(19)27)36(32,33)29-14-12-20(13-15-29)26(31)30-16-17-34-23-9-5-4-8-22(23)30/h2-11,20H,12-17H2,1H3/b11-10+. The van der Waals surface area contributed by atoms with Gasteiger partial charge in [0.05, 0.1) is 12.2 Å². The highest BCUT2D eigenvalue weighted by atomic mass is 32.2. The van der Waals surface area contributed by atoms with E-state index in [1.807, 2.05) is 24.3 Å². The van der Waals surface area contributed by atoms with E-state index in [9.17, 15) is 17.6 Å². The Kier molecular flexibility index (Phi) is 6.63. The van der Waals surface area contributed by atoms with Crippen LogP contribution in [0.3, 0.4) is 0 Å². The molecule has 0 N–H and O–H groups in total. The summed E-state index contributed by atoms with van der Waals surface area (Å²) in [4.78, 5) is 15.0. The minimum atomic E-state index is -3.93. The van der Waals surface area contributed by atoms with Gasteiger partial charge >= 0.3 is 0 Å². The third-order valence-corrected chi connectivity index (χ3v) is 8.61. The number of hydrogen-bond acceptors (Lipinski definition) is 6. The lowest BCUT2D eigenvalue weighted by Crippen LogP contribution is -2.46. The summed E-state index contributed by atoms with van der Waals surface area (Å²) in [6, 6.07) is 13.6. The monoisotopic (exact) mass is 511 g/mol. The largest absolute Gasteiger partial charge is 0.490 e. The summed E-state index contributed by atoms with van der Waals surface area (Å²) >= 11 is 0. The topological polar surface area (TPSA) is 93.0 Å². The van der Waals surface area contributed by atoms with Gasteiger partial charge < -0.3 is 14.2 Å². The minimum Gasteiger partial charge on any atom is -0.490 e. The number of anilines is 1. The molecule has 10 heteroatoms. The molecule has 36 heavy (non-hydrogen) atoms. The van der Waals surface area contributed by atoms with Gasteiger partial charge in [0, 0.05) is 24.6 Å². The zero-order valence-electron chi connectivity index (χ0n) is 19.8. The lowest BCUT2D eigenvalue weighted by atomic mass is 9.96. The van der Waals surface area contributed by atoms with Gasteiger partial charge in [-0.25, -0.2) is 12.8 Å². The fourth-order valence-electron chi connectivity index (χ4n) is 4.67. The number of piperidine rings is 1. The first-order chi connectivity index (χ1) is 17.4. The van der Waals surface area contributed by atoms with Crippen LogP contribution >= 0.6 is 0 Å². The molecule has 1 fully saturated rings. The molecule has 0 atom stereocenters. The van der Waals surface area contributed by atoms with Gasteiger partial charge in [-0.2, -0.15) is 4.31 Å². The molecule has 1 amide bonds. The van der Waals surface area contributed by atoms with Gasteiger partial charge in [0.1, 0.15) is 23.9 Å². The number of aryl methyl sites for hydroxylation is 1. The van der Waals surface area contributed by atoms with Gasteiger partial charge in [-0.05, 0) is 50.1 Å². The Morgan fingerprint density at radius 2 is 1.78 bits per heavy atom. The number of carbonyl (C=O) groups excluding carboxylic acids is 1. The van der Waals surface area contributed by atoms with Crippen molar-refractivity contribution < 1.29 is 26.9 Å². The van der Waals surface area contributed by atoms with Crippen molar-refractivity contribution in [2.24, 2.45) is 5.92 Å². The van der Waals surface area contributed by atoms with E-state index in [4.69, 9.17) is 9.26 Å². The van der Waals surface area contributed by atoms with Crippen LogP contribution in [0.2, 0.25) is 0 Å². The van der Waals surface area contributed by atoms with Crippen LogP contribution in [-0.2, 0) is 14.8 Å². The molecule has 3 heterocycles. The van der Waals surface area contributed by atoms with Crippen LogP contribution in [-0.4, -0.2) is 50.0 Å². The molecule has 3 aromatic rings. The third-order valence-electron chi connectivity index (χ3n) is 6.55. The minimum absolute atomic E-state index is 0.0162. The number of rotatable bonds is 5. The lowest BCUT2D eigenvalue weighted by molar-refractivity contribution is -0.123. The molecule has 2 aromatic carbocycles. The van der Waals surface area contributed by atoms with E-state index >= 15 is 0 Å². The van der Waals surface area contributed by atoms with E-state index < -0.39 is 15.8 Å². The fraction of sp³-hybridized carbons (Fsp3) is 0.308. The predicted molar refractivity (Wildman–Crippen MR) is 132 cm³/mol. The highest BCUT2D eigenvalue weighted by Crippen LogP contribution is 2.34. The van der Waals surface area contributed by atoms with Crippen LogP contribution in [0, 0.1) is 18.7 Å². The maximum Gasteiger partial charge on any atom is 0.248 e. The van der Waals surface area contributed by atoms with E-state index in [-0.39, 0.29) is 41.3 Å². The van der Waals surface area contributed by atoms with E-state index in [1.54, 1.807) is 30.0 Å². The average Bonchev–Trinajstić information content (AvgIpc) is 3.28. The van der Waals surface area contributed by atoms with Crippen molar-refractivity contribution in [2.45, 2.75) is 24.7 Å². The first-order valence-electron chi connectivity index (χ1n) is 11.8. The second kappa shape index (κ2) is 9.87. The van der Waals surface area contributed by atoms with Crippen LogP contribution in [0.15, 0.2) is 57.9 Å². The Morgan fingerprint density at radius 3 is 2.56 bits per heavy atom. The molecule has 0 bridgehead atoms. The lowest BCUT2D eigenvalue weighted by Gasteiger charge is -2.35. The van der Waals surface area contributed by atoms with E-state index in [1.165, 1.54) is 22.5 Å². The molecule has 2 aliphatic rings. The smallest absolute Gasteiger partial charge is 0.248 e. The molecule has 0 radical (unpaired) electrons. The molecule has 8 nitrogen and oxygen atoms in total. The van der Waals surface area contributed by atoms with Gasteiger partial charge in [0.15, 0.2) is 10.7 Å². The van der Waals surface area contributed by atoms with Crippen molar-refractivity contribution in [1.82, 2.24) is 9.46 Å². The summed E-state index contributed by atoms with van der Waals surface area (Å²) in [5.41, 5.74) is 1.28. The first-order valence-corrected chi connectivity index (χ1v) is 13.2. The number of nitrogens with zero attached hydrogens (tertiary/aromatic N) is 3. The summed E-state index contributed by atoms with van der Waals surface area (Å²) < 4.78 is 53.3. The normalized spacial score (nSPS) is 17.2. The number of carbonyl (C=O) groups is 1. The van der Waals surface area contributed by atoms with Gasteiger partial charge in [0.2, 0.25) is 15.9 Å². The van der Waals surface area contributed by atoms with Crippen molar-refractivity contribution in [3.8, 4) is 5.75 Å². The second-order valence-corrected chi connectivity index (χ2v) is 10.7. The first kappa shape index (κ1) is 24.2. The van der Waals surface area contributed by atoms with Crippen molar-refractivity contribution >= 4 is 33.8 Å². The predicted octanol–water partition coefficient (Wildman–Crippen LogP) is 4.12. The molecule has 188 valence electrons. The number of amides is 1. The summed E-state index contributed by atoms with van der Waals surface area (Å²) in [5.74, 6) is -0.0111. The van der Waals surface area contributed by atoms with Crippen LogP contribution in [0.1, 0.15) is 29.9 Å². The summed E-state index contributed by atoms with van der Waals surface area (Å²) in [7, 11) is -3.93. The number of hydrogen-bond donors (Lipinski definition) is 0. The maximum atomic E-state index is 14.0. The van der Waals surface area contributed by atoms with Crippen molar-refractivity contribution in [2.75, 3.05) is 31.1 Å². The summed E-state index contributed by atoms with van der Waals surface area (Å²) in [6.45, 7) is 2.85. The van der Waals surface area contributed by atoms with Crippen molar-refractivity contribution in [3.05, 3.63) is 71.4 Å². The number of halogens is 1. The van der Waals surface area contributed by atoms with Gasteiger partial charge in [-0.1, -0.05) is 35.5 Å². The molecule has 0 aliphatic carbocycles. The zero-order chi connectivity index (χ0) is 25.3.